The van der Waals surface area contributed by atoms with E-state index in [-0.39, 0.29) is 5.56 Å². The van der Waals surface area contributed by atoms with Gasteiger partial charge in [-0.15, -0.1) is 0 Å². The first kappa shape index (κ1) is 11.5. The molecule has 0 spiro atoms. The third-order valence-electron chi connectivity index (χ3n) is 2.98. The molecule has 0 aromatic heterocycles. The number of benzene rings is 1. The number of halogens is 2. The van der Waals surface area contributed by atoms with Gasteiger partial charge in [-0.25, -0.2) is 8.78 Å². The molecule has 0 saturated heterocycles. The summed E-state index contributed by atoms with van der Waals surface area (Å²) in [6, 6.07) is 6.77. The Bertz CT molecular complexity index is 359. The first-order valence-electron chi connectivity index (χ1n) is 5.82. The van der Waals surface area contributed by atoms with E-state index < -0.39 is 11.8 Å². The van der Waals surface area contributed by atoms with E-state index in [1.54, 1.807) is 12.1 Å². The lowest BCUT2D eigenvalue weighted by Crippen LogP contribution is -2.17. The van der Waals surface area contributed by atoms with Crippen LogP contribution in [0.4, 0.5) is 8.78 Å². The maximum absolute atomic E-state index is 13.8. The van der Waals surface area contributed by atoms with Gasteiger partial charge in [0.15, 0.2) is 0 Å². The highest BCUT2D eigenvalue weighted by Gasteiger charge is 2.47. The van der Waals surface area contributed by atoms with Gasteiger partial charge in [0.2, 0.25) is 0 Å². The van der Waals surface area contributed by atoms with Crippen molar-refractivity contribution in [3.63, 3.8) is 0 Å². The third kappa shape index (κ3) is 2.40. The molecule has 1 aromatic rings. The van der Waals surface area contributed by atoms with Gasteiger partial charge in [-0.3, -0.25) is 0 Å². The summed E-state index contributed by atoms with van der Waals surface area (Å²) in [7, 11) is 0. The average molecular weight is 225 g/mol. The monoisotopic (exact) mass is 225 g/mol. The van der Waals surface area contributed by atoms with Gasteiger partial charge in [0.05, 0.1) is 0 Å². The van der Waals surface area contributed by atoms with Crippen LogP contribution < -0.4 is 5.32 Å². The van der Waals surface area contributed by atoms with Gasteiger partial charge in [-0.1, -0.05) is 25.1 Å². The van der Waals surface area contributed by atoms with Crippen molar-refractivity contribution in [1.82, 2.24) is 5.32 Å². The van der Waals surface area contributed by atoms with Gasteiger partial charge < -0.3 is 5.32 Å². The Morgan fingerprint density at radius 2 is 2.12 bits per heavy atom. The molecule has 0 bridgehead atoms. The lowest BCUT2D eigenvalue weighted by atomic mass is 10.0. The standard InChI is InChI=1S/C13H17F2N/c1-2-16-9-10-4-3-5-12(8-10)13(14,15)11-6-7-11/h3-5,8,11,16H,2,6-7,9H2,1H3. The van der Waals surface area contributed by atoms with E-state index in [1.165, 1.54) is 6.07 Å². The number of rotatable bonds is 5. The molecule has 1 saturated carbocycles. The first-order chi connectivity index (χ1) is 7.64. The summed E-state index contributed by atoms with van der Waals surface area (Å²) in [5.74, 6) is -3.07. The molecule has 0 aliphatic heterocycles. The SMILES string of the molecule is CCNCc1cccc(C(F)(F)C2CC2)c1. The number of hydrogen-bond acceptors (Lipinski definition) is 1. The van der Waals surface area contributed by atoms with Crippen molar-refractivity contribution in [1.29, 1.82) is 0 Å². The average Bonchev–Trinajstić information content (AvgIpc) is 3.11. The van der Waals surface area contributed by atoms with Gasteiger partial charge in [0.1, 0.15) is 0 Å². The van der Waals surface area contributed by atoms with Gasteiger partial charge in [-0.05, 0) is 31.0 Å². The van der Waals surface area contributed by atoms with Crippen molar-refractivity contribution in [3.05, 3.63) is 35.4 Å². The molecule has 0 atom stereocenters. The van der Waals surface area contributed by atoms with Crippen molar-refractivity contribution in [3.8, 4) is 0 Å². The van der Waals surface area contributed by atoms with E-state index in [9.17, 15) is 8.78 Å². The van der Waals surface area contributed by atoms with Crippen LogP contribution in [0.3, 0.4) is 0 Å². The van der Waals surface area contributed by atoms with Gasteiger partial charge in [-0.2, -0.15) is 0 Å². The Hall–Kier alpha value is -0.960. The van der Waals surface area contributed by atoms with E-state index in [0.717, 1.165) is 12.1 Å². The van der Waals surface area contributed by atoms with Crippen LogP contribution in [-0.4, -0.2) is 6.54 Å². The number of nitrogens with one attached hydrogen (secondary N) is 1. The Balaban J connectivity index is 2.14. The molecule has 0 unspecified atom stereocenters. The minimum Gasteiger partial charge on any atom is -0.313 e. The van der Waals surface area contributed by atoms with E-state index in [1.807, 2.05) is 13.0 Å². The summed E-state index contributed by atoms with van der Waals surface area (Å²) in [6.45, 7) is 3.51. The largest absolute Gasteiger partial charge is 0.313 e. The maximum atomic E-state index is 13.8. The van der Waals surface area contributed by atoms with Gasteiger partial charge in [0, 0.05) is 18.0 Å². The lowest BCUT2D eigenvalue weighted by Gasteiger charge is -2.16. The Labute approximate surface area is 94.9 Å². The normalized spacial score (nSPS) is 16.4. The highest BCUT2D eigenvalue weighted by Crippen LogP contribution is 2.49. The fourth-order valence-electron chi connectivity index (χ4n) is 1.84. The summed E-state index contributed by atoms with van der Waals surface area (Å²) >= 11 is 0. The molecule has 16 heavy (non-hydrogen) atoms. The third-order valence-corrected chi connectivity index (χ3v) is 2.98. The fourth-order valence-corrected chi connectivity index (χ4v) is 1.84. The van der Waals surface area contributed by atoms with Crippen LogP contribution in [0.15, 0.2) is 24.3 Å². The predicted molar refractivity (Wildman–Crippen MR) is 60.4 cm³/mol. The summed E-state index contributed by atoms with van der Waals surface area (Å²) in [4.78, 5) is 0. The molecule has 88 valence electrons. The number of alkyl halides is 2. The van der Waals surface area contributed by atoms with Crippen molar-refractivity contribution in [2.45, 2.75) is 32.2 Å². The molecule has 0 heterocycles. The molecule has 2 rings (SSSR count). The molecular formula is C13H17F2N. The zero-order chi connectivity index (χ0) is 11.6. The van der Waals surface area contributed by atoms with Crippen LogP contribution in [0.5, 0.6) is 0 Å². The van der Waals surface area contributed by atoms with Crippen LogP contribution in [0, 0.1) is 5.92 Å². The maximum Gasteiger partial charge on any atom is 0.276 e. The molecular weight excluding hydrogens is 208 g/mol. The van der Waals surface area contributed by atoms with Crippen molar-refractivity contribution in [2.24, 2.45) is 5.92 Å². The number of hydrogen-bond donors (Lipinski definition) is 1. The highest BCUT2D eigenvalue weighted by molar-refractivity contribution is 5.28. The molecule has 1 N–H and O–H groups in total. The van der Waals surface area contributed by atoms with Crippen LogP contribution >= 0.6 is 0 Å². The van der Waals surface area contributed by atoms with E-state index >= 15 is 0 Å². The summed E-state index contributed by atoms with van der Waals surface area (Å²) in [6.07, 6.45) is 1.31. The van der Waals surface area contributed by atoms with Crippen molar-refractivity contribution in [2.75, 3.05) is 6.54 Å². The van der Waals surface area contributed by atoms with Gasteiger partial charge >= 0.3 is 0 Å². The molecule has 3 heteroatoms. The molecule has 0 radical (unpaired) electrons. The topological polar surface area (TPSA) is 12.0 Å². The summed E-state index contributed by atoms with van der Waals surface area (Å²) in [5.41, 5.74) is 1.10. The minimum atomic E-state index is -2.64. The van der Waals surface area contributed by atoms with Crippen LogP contribution in [0.1, 0.15) is 30.9 Å². The van der Waals surface area contributed by atoms with Gasteiger partial charge in [0.25, 0.3) is 5.92 Å². The van der Waals surface area contributed by atoms with Crippen molar-refractivity contribution >= 4 is 0 Å². The second-order valence-electron chi connectivity index (χ2n) is 4.38. The van der Waals surface area contributed by atoms with E-state index in [2.05, 4.69) is 5.32 Å². The smallest absolute Gasteiger partial charge is 0.276 e. The first-order valence-corrected chi connectivity index (χ1v) is 5.82. The quantitative estimate of drug-likeness (QED) is 0.810. The van der Waals surface area contributed by atoms with Crippen LogP contribution in [0.25, 0.3) is 0 Å². The van der Waals surface area contributed by atoms with Crippen molar-refractivity contribution < 1.29 is 8.78 Å². The summed E-state index contributed by atoms with van der Waals surface area (Å²) < 4.78 is 27.6. The second-order valence-corrected chi connectivity index (χ2v) is 4.38. The fraction of sp³-hybridized carbons (Fsp3) is 0.538. The molecule has 0 amide bonds. The molecule has 1 fully saturated rings. The van der Waals surface area contributed by atoms with E-state index in [4.69, 9.17) is 0 Å². The predicted octanol–water partition coefficient (Wildman–Crippen LogP) is 3.30. The van der Waals surface area contributed by atoms with Crippen LogP contribution in [-0.2, 0) is 12.5 Å². The molecule has 1 aliphatic carbocycles. The summed E-state index contributed by atoms with van der Waals surface area (Å²) in [5, 5.41) is 3.14. The van der Waals surface area contributed by atoms with Crippen LogP contribution in [0.2, 0.25) is 0 Å². The Morgan fingerprint density at radius 1 is 1.38 bits per heavy atom. The Kier molecular flexibility index (Phi) is 3.24. The molecule has 1 nitrogen and oxygen atoms in total. The second kappa shape index (κ2) is 4.50. The Morgan fingerprint density at radius 3 is 2.75 bits per heavy atom. The molecule has 1 aliphatic rings. The zero-order valence-corrected chi connectivity index (χ0v) is 9.47. The minimum absolute atomic E-state index is 0.172. The molecule has 1 aromatic carbocycles. The lowest BCUT2D eigenvalue weighted by molar-refractivity contribution is -0.0286. The highest BCUT2D eigenvalue weighted by atomic mass is 19.3. The van der Waals surface area contributed by atoms with E-state index in [0.29, 0.717) is 19.4 Å². The zero-order valence-electron chi connectivity index (χ0n) is 9.47.